The van der Waals surface area contributed by atoms with E-state index in [1.807, 2.05) is 6.08 Å². The monoisotopic (exact) mass is 166 g/mol. The first kappa shape index (κ1) is 11.0. The van der Waals surface area contributed by atoms with Gasteiger partial charge in [0.25, 0.3) is 0 Å². The zero-order valence-corrected chi connectivity index (χ0v) is 8.26. The van der Waals surface area contributed by atoms with Crippen LogP contribution in [0.15, 0.2) is 36.1 Å². The summed E-state index contributed by atoms with van der Waals surface area (Å²) in [7, 11) is 1.64. The molecule has 0 aromatic carbocycles. The van der Waals surface area contributed by atoms with Crippen LogP contribution in [0.3, 0.4) is 0 Å². The summed E-state index contributed by atoms with van der Waals surface area (Å²) < 4.78 is 4.78. The number of hydrogen-bond acceptors (Lipinski definition) is 1. The predicted octanol–water partition coefficient (Wildman–Crippen LogP) is 3.45. The van der Waals surface area contributed by atoms with Gasteiger partial charge in [0, 0.05) is 0 Å². The first-order valence-electron chi connectivity index (χ1n) is 4.17. The van der Waals surface area contributed by atoms with Crippen molar-refractivity contribution < 1.29 is 4.74 Å². The molecule has 0 aromatic heterocycles. The van der Waals surface area contributed by atoms with E-state index in [1.165, 1.54) is 5.57 Å². The highest BCUT2D eigenvalue weighted by molar-refractivity contribution is 5.13. The third kappa shape index (κ3) is 7.13. The minimum absolute atomic E-state index is 1.00. The zero-order valence-electron chi connectivity index (χ0n) is 8.26. The van der Waals surface area contributed by atoms with E-state index in [-0.39, 0.29) is 0 Å². The van der Waals surface area contributed by atoms with E-state index in [0.29, 0.717) is 0 Å². The van der Waals surface area contributed by atoms with Crippen LogP contribution in [0.1, 0.15) is 26.7 Å². The Morgan fingerprint density at radius 3 is 2.58 bits per heavy atom. The highest BCUT2D eigenvalue weighted by Crippen LogP contribution is 2.06. The minimum atomic E-state index is 1.00. The van der Waals surface area contributed by atoms with Gasteiger partial charge < -0.3 is 4.74 Å². The van der Waals surface area contributed by atoms with Crippen LogP contribution in [0.25, 0.3) is 0 Å². The molecule has 0 radical (unpaired) electrons. The number of methoxy groups -OCH3 is 1. The van der Waals surface area contributed by atoms with E-state index in [9.17, 15) is 0 Å². The fourth-order valence-corrected chi connectivity index (χ4v) is 0.794. The molecule has 0 spiro atoms. The van der Waals surface area contributed by atoms with Gasteiger partial charge in [-0.1, -0.05) is 23.8 Å². The van der Waals surface area contributed by atoms with Gasteiger partial charge in [-0.15, -0.1) is 0 Å². The van der Waals surface area contributed by atoms with Crippen LogP contribution in [-0.4, -0.2) is 7.11 Å². The van der Waals surface area contributed by atoms with Crippen LogP contribution >= 0.6 is 0 Å². The molecule has 0 aliphatic heterocycles. The van der Waals surface area contributed by atoms with E-state index in [2.05, 4.69) is 26.5 Å². The molecule has 0 aliphatic rings. The van der Waals surface area contributed by atoms with Gasteiger partial charge in [0.15, 0.2) is 0 Å². The maximum absolute atomic E-state index is 4.78. The summed E-state index contributed by atoms with van der Waals surface area (Å²) in [6.07, 6.45) is 7.84. The minimum Gasteiger partial charge on any atom is -0.504 e. The quantitative estimate of drug-likeness (QED) is 0.345. The first-order valence-corrected chi connectivity index (χ1v) is 4.17. The third-order valence-corrected chi connectivity index (χ3v) is 1.46. The summed E-state index contributed by atoms with van der Waals surface area (Å²) in [5, 5.41) is 0. The van der Waals surface area contributed by atoms with Crippen molar-refractivity contribution in [2.45, 2.75) is 26.7 Å². The second-order valence-corrected chi connectivity index (χ2v) is 3.02. The van der Waals surface area contributed by atoms with E-state index < -0.39 is 0 Å². The van der Waals surface area contributed by atoms with Gasteiger partial charge >= 0.3 is 0 Å². The van der Waals surface area contributed by atoms with Crippen LogP contribution in [0, 0.1) is 0 Å². The van der Waals surface area contributed by atoms with Gasteiger partial charge in [-0.3, -0.25) is 0 Å². The molecule has 68 valence electrons. The Hall–Kier alpha value is -0.980. The molecule has 12 heavy (non-hydrogen) atoms. The van der Waals surface area contributed by atoms with Gasteiger partial charge in [0.2, 0.25) is 0 Å². The fourth-order valence-electron chi connectivity index (χ4n) is 0.794. The van der Waals surface area contributed by atoms with Crippen molar-refractivity contribution >= 4 is 0 Å². The van der Waals surface area contributed by atoms with Gasteiger partial charge in [0.05, 0.1) is 13.4 Å². The lowest BCUT2D eigenvalue weighted by Crippen LogP contribution is -1.76. The van der Waals surface area contributed by atoms with E-state index >= 15 is 0 Å². The summed E-state index contributed by atoms with van der Waals surface area (Å²) in [5.41, 5.74) is 2.47. The molecule has 0 unspecified atom stereocenters. The lowest BCUT2D eigenvalue weighted by atomic mass is 10.1. The fraction of sp³-hybridized carbons (Fsp3) is 0.455. The normalized spacial score (nSPS) is 9.92. The van der Waals surface area contributed by atoms with Crippen molar-refractivity contribution in [1.82, 2.24) is 0 Å². The average molecular weight is 166 g/mol. The predicted molar refractivity (Wildman–Crippen MR) is 54.0 cm³/mol. The van der Waals surface area contributed by atoms with Gasteiger partial charge in [-0.25, -0.2) is 0 Å². The molecule has 0 rings (SSSR count). The number of hydrogen-bond donors (Lipinski definition) is 0. The molecule has 0 fully saturated rings. The first-order chi connectivity index (χ1) is 5.66. The summed E-state index contributed by atoms with van der Waals surface area (Å²) in [6.45, 7) is 8.10. The topological polar surface area (TPSA) is 9.23 Å². The van der Waals surface area contributed by atoms with Crippen LogP contribution in [0.4, 0.5) is 0 Å². The summed E-state index contributed by atoms with van der Waals surface area (Å²) in [5.74, 6) is 0. The molecule has 0 atom stereocenters. The third-order valence-electron chi connectivity index (χ3n) is 1.46. The largest absolute Gasteiger partial charge is 0.504 e. The molecule has 1 heteroatoms. The highest BCUT2D eigenvalue weighted by atomic mass is 16.5. The van der Waals surface area contributed by atoms with Crippen molar-refractivity contribution in [3.63, 3.8) is 0 Å². The van der Waals surface area contributed by atoms with Crippen LogP contribution in [0.5, 0.6) is 0 Å². The molecule has 0 amide bonds. The zero-order chi connectivity index (χ0) is 9.40. The summed E-state index contributed by atoms with van der Waals surface area (Å²) in [4.78, 5) is 0. The average Bonchev–Trinajstić information content (AvgIpc) is 2.00. The molecule has 0 saturated heterocycles. The van der Waals surface area contributed by atoms with Crippen molar-refractivity contribution in [3.8, 4) is 0 Å². The molecular formula is C11H18O. The Kier molecular flexibility index (Phi) is 6.16. The van der Waals surface area contributed by atoms with Crippen molar-refractivity contribution in [2.75, 3.05) is 7.11 Å². The number of allylic oxidation sites excluding steroid dienone is 4. The molecule has 0 bridgehead atoms. The summed E-state index contributed by atoms with van der Waals surface area (Å²) in [6, 6.07) is 0. The number of ether oxygens (including phenoxy) is 1. The smallest absolute Gasteiger partial charge is 0.0827 e. The van der Waals surface area contributed by atoms with Crippen molar-refractivity contribution in [1.29, 1.82) is 0 Å². The van der Waals surface area contributed by atoms with Gasteiger partial charge in [-0.2, -0.15) is 0 Å². The second kappa shape index (κ2) is 6.71. The lowest BCUT2D eigenvalue weighted by Gasteiger charge is -1.96. The Morgan fingerprint density at radius 1 is 1.42 bits per heavy atom. The Balaban J connectivity index is 3.58. The molecule has 0 aromatic rings. The standard InChI is InChI=1S/C11H18O/c1-10(2)6-5-7-11(3)8-9-12-4/h6,8-9H,3,5,7H2,1-2,4H3/b9-8+. The highest BCUT2D eigenvalue weighted by Gasteiger charge is 1.86. The maximum atomic E-state index is 4.78. The van der Waals surface area contributed by atoms with Crippen molar-refractivity contribution in [2.24, 2.45) is 0 Å². The summed E-state index contributed by atoms with van der Waals surface area (Å²) >= 11 is 0. The second-order valence-electron chi connectivity index (χ2n) is 3.02. The van der Waals surface area contributed by atoms with Crippen LogP contribution in [0.2, 0.25) is 0 Å². The molecule has 0 N–H and O–H groups in total. The SMILES string of the molecule is C=C(/C=C/OC)CCC=C(C)C. The van der Waals surface area contributed by atoms with Crippen molar-refractivity contribution in [3.05, 3.63) is 36.1 Å². The van der Waals surface area contributed by atoms with Gasteiger partial charge in [0.1, 0.15) is 0 Å². The van der Waals surface area contributed by atoms with Crippen LogP contribution in [-0.2, 0) is 4.74 Å². The Bertz CT molecular complexity index is 183. The van der Waals surface area contributed by atoms with E-state index in [1.54, 1.807) is 13.4 Å². The molecule has 0 heterocycles. The van der Waals surface area contributed by atoms with Gasteiger partial charge in [-0.05, 0) is 32.8 Å². The molecule has 1 nitrogen and oxygen atoms in total. The van der Waals surface area contributed by atoms with Crippen LogP contribution < -0.4 is 0 Å². The lowest BCUT2D eigenvalue weighted by molar-refractivity contribution is 0.337. The van der Waals surface area contributed by atoms with E-state index in [4.69, 9.17) is 4.74 Å². The Morgan fingerprint density at radius 2 is 2.08 bits per heavy atom. The Labute approximate surface area is 75.4 Å². The number of rotatable bonds is 5. The maximum Gasteiger partial charge on any atom is 0.0827 e. The molecule has 0 aliphatic carbocycles. The molecule has 0 saturated carbocycles. The van der Waals surface area contributed by atoms with E-state index in [0.717, 1.165) is 18.4 Å². The molecular weight excluding hydrogens is 148 g/mol.